The quantitative estimate of drug-likeness (QED) is 0.592. The number of anilines is 1. The Morgan fingerprint density at radius 1 is 1.52 bits per heavy atom. The fraction of sp³-hybridized carbons (Fsp3) is 0.462. The van der Waals surface area contributed by atoms with Gasteiger partial charge in [0.15, 0.2) is 0 Å². The van der Waals surface area contributed by atoms with Crippen LogP contribution >= 0.6 is 11.6 Å². The molecule has 0 aliphatic carbocycles. The van der Waals surface area contributed by atoms with Crippen LogP contribution in [0.2, 0.25) is 5.02 Å². The molecule has 0 aliphatic rings. The second-order valence-electron chi connectivity index (χ2n) is 5.09. The van der Waals surface area contributed by atoms with E-state index in [-0.39, 0.29) is 23.2 Å². The molecule has 0 aliphatic heterocycles. The van der Waals surface area contributed by atoms with E-state index in [1.807, 2.05) is 13.8 Å². The molecule has 2 N–H and O–H groups in total. The number of carboxylic acid groups (broad SMARTS) is 1. The van der Waals surface area contributed by atoms with Gasteiger partial charge < -0.3 is 10.4 Å². The van der Waals surface area contributed by atoms with Crippen LogP contribution in [0.3, 0.4) is 0 Å². The summed E-state index contributed by atoms with van der Waals surface area (Å²) in [7, 11) is 0. The van der Waals surface area contributed by atoms with Crippen molar-refractivity contribution in [3.63, 3.8) is 0 Å². The van der Waals surface area contributed by atoms with Crippen LogP contribution in [0.1, 0.15) is 20.3 Å². The number of nitrogens with zero attached hydrogens (tertiary/aromatic N) is 1. The van der Waals surface area contributed by atoms with Gasteiger partial charge in [-0.15, -0.1) is 0 Å². The zero-order chi connectivity index (χ0) is 16.2. The average Bonchev–Trinajstić information content (AvgIpc) is 2.36. The highest BCUT2D eigenvalue weighted by atomic mass is 35.5. The minimum atomic E-state index is -1.01. The van der Waals surface area contributed by atoms with Crippen LogP contribution < -0.4 is 5.32 Å². The van der Waals surface area contributed by atoms with Gasteiger partial charge in [-0.2, -0.15) is 0 Å². The molecule has 6 nitrogen and oxygen atoms in total. The van der Waals surface area contributed by atoms with Gasteiger partial charge in [-0.05, 0) is 12.3 Å². The maximum absolute atomic E-state index is 13.4. The summed E-state index contributed by atoms with van der Waals surface area (Å²) in [5, 5.41) is 22.3. The molecule has 1 aromatic carbocycles. The van der Waals surface area contributed by atoms with E-state index in [0.717, 1.165) is 12.1 Å². The van der Waals surface area contributed by atoms with E-state index in [1.165, 1.54) is 0 Å². The van der Waals surface area contributed by atoms with Crippen molar-refractivity contribution in [2.75, 3.05) is 11.9 Å². The van der Waals surface area contributed by atoms with E-state index in [9.17, 15) is 19.3 Å². The lowest BCUT2D eigenvalue weighted by atomic mass is 9.97. The lowest BCUT2D eigenvalue weighted by molar-refractivity contribution is -0.384. The highest BCUT2D eigenvalue weighted by molar-refractivity contribution is 6.31. The Morgan fingerprint density at radius 3 is 2.62 bits per heavy atom. The predicted molar refractivity (Wildman–Crippen MR) is 77.1 cm³/mol. The summed E-state index contributed by atoms with van der Waals surface area (Å²) in [4.78, 5) is 21.3. The van der Waals surface area contributed by atoms with Crippen molar-refractivity contribution in [1.82, 2.24) is 0 Å². The van der Waals surface area contributed by atoms with Gasteiger partial charge in [-0.25, -0.2) is 4.39 Å². The first-order valence-electron chi connectivity index (χ1n) is 6.32. The molecule has 1 aromatic rings. The number of aliphatic carboxylic acids is 1. The van der Waals surface area contributed by atoms with Gasteiger partial charge in [-0.3, -0.25) is 14.9 Å². The largest absolute Gasteiger partial charge is 0.481 e. The monoisotopic (exact) mass is 318 g/mol. The Hall–Kier alpha value is -1.89. The van der Waals surface area contributed by atoms with E-state index in [1.54, 1.807) is 0 Å². The molecule has 0 bridgehead atoms. The number of halogens is 2. The lowest BCUT2D eigenvalue weighted by Crippen LogP contribution is -2.24. The summed E-state index contributed by atoms with van der Waals surface area (Å²) < 4.78 is 13.4. The zero-order valence-electron chi connectivity index (χ0n) is 11.6. The molecular formula is C13H16ClFN2O4. The van der Waals surface area contributed by atoms with E-state index >= 15 is 0 Å². The third-order valence-electron chi connectivity index (χ3n) is 2.88. The first-order valence-corrected chi connectivity index (χ1v) is 6.70. The van der Waals surface area contributed by atoms with Crippen molar-refractivity contribution in [2.45, 2.75) is 20.3 Å². The molecule has 0 aromatic heterocycles. The van der Waals surface area contributed by atoms with Crippen LogP contribution in [-0.4, -0.2) is 22.5 Å². The van der Waals surface area contributed by atoms with Crippen LogP contribution in [0.15, 0.2) is 12.1 Å². The Bertz CT molecular complexity index is 551. The van der Waals surface area contributed by atoms with Crippen molar-refractivity contribution >= 4 is 28.9 Å². The van der Waals surface area contributed by atoms with Crippen LogP contribution in [0.25, 0.3) is 0 Å². The molecule has 0 saturated heterocycles. The molecule has 1 atom stereocenters. The third-order valence-corrected chi connectivity index (χ3v) is 3.17. The fourth-order valence-electron chi connectivity index (χ4n) is 1.90. The number of hydrogen-bond donors (Lipinski definition) is 2. The van der Waals surface area contributed by atoms with Gasteiger partial charge in [0.2, 0.25) is 0 Å². The standard InChI is InChI=1S/C13H16ClFN2O4/c1-7(2)3-8(13(18)19)6-16-11-5-10(15)9(14)4-12(11)17(20)21/h4-5,7-8,16H,3,6H2,1-2H3,(H,18,19). The summed E-state index contributed by atoms with van der Waals surface area (Å²) in [6, 6.07) is 1.80. The summed E-state index contributed by atoms with van der Waals surface area (Å²) in [6.45, 7) is 3.72. The number of nitrogens with one attached hydrogen (secondary N) is 1. The van der Waals surface area contributed by atoms with Gasteiger partial charge in [0.25, 0.3) is 5.69 Å². The van der Waals surface area contributed by atoms with Gasteiger partial charge in [0.05, 0.1) is 15.9 Å². The molecule has 0 fully saturated rings. The Balaban J connectivity index is 2.93. The first kappa shape index (κ1) is 17.2. The molecule has 0 heterocycles. The highest BCUT2D eigenvalue weighted by Gasteiger charge is 2.22. The third kappa shape index (κ3) is 4.86. The molecule has 8 heteroatoms. The van der Waals surface area contributed by atoms with E-state index < -0.39 is 28.3 Å². The van der Waals surface area contributed by atoms with E-state index in [4.69, 9.17) is 16.7 Å². The molecule has 116 valence electrons. The van der Waals surface area contributed by atoms with Crippen molar-refractivity contribution in [3.05, 3.63) is 33.1 Å². The minimum Gasteiger partial charge on any atom is -0.481 e. The molecule has 0 radical (unpaired) electrons. The molecule has 21 heavy (non-hydrogen) atoms. The Morgan fingerprint density at radius 2 is 2.14 bits per heavy atom. The molecule has 0 spiro atoms. The maximum Gasteiger partial charge on any atom is 0.308 e. The number of rotatable bonds is 7. The lowest BCUT2D eigenvalue weighted by Gasteiger charge is -2.16. The topological polar surface area (TPSA) is 92.5 Å². The smallest absolute Gasteiger partial charge is 0.308 e. The highest BCUT2D eigenvalue weighted by Crippen LogP contribution is 2.30. The maximum atomic E-state index is 13.4. The second kappa shape index (κ2) is 7.21. The van der Waals surface area contributed by atoms with Crippen LogP contribution in [0, 0.1) is 27.8 Å². The number of nitro groups is 1. The van der Waals surface area contributed by atoms with Crippen molar-refractivity contribution in [3.8, 4) is 0 Å². The minimum absolute atomic E-state index is 0.0323. The van der Waals surface area contributed by atoms with Crippen LogP contribution in [0.5, 0.6) is 0 Å². The van der Waals surface area contributed by atoms with Gasteiger partial charge in [0, 0.05) is 18.7 Å². The first-order chi connectivity index (χ1) is 9.72. The van der Waals surface area contributed by atoms with Gasteiger partial charge in [0.1, 0.15) is 11.5 Å². The fourth-order valence-corrected chi connectivity index (χ4v) is 2.06. The molecule has 0 saturated carbocycles. The summed E-state index contributed by atoms with van der Waals surface area (Å²) in [5.41, 5.74) is -0.480. The zero-order valence-corrected chi connectivity index (χ0v) is 12.4. The molecule has 1 unspecified atom stereocenters. The normalized spacial score (nSPS) is 12.2. The molecular weight excluding hydrogens is 303 g/mol. The molecule has 1 rings (SSSR count). The van der Waals surface area contributed by atoms with Crippen LogP contribution in [-0.2, 0) is 4.79 Å². The number of nitro benzene ring substituents is 1. The van der Waals surface area contributed by atoms with Crippen molar-refractivity contribution in [2.24, 2.45) is 11.8 Å². The Kier molecular flexibility index (Phi) is 5.90. The average molecular weight is 319 g/mol. The number of carboxylic acids is 1. The number of benzene rings is 1. The van der Waals surface area contributed by atoms with Crippen molar-refractivity contribution in [1.29, 1.82) is 0 Å². The number of carbonyl (C=O) groups is 1. The number of hydrogen-bond acceptors (Lipinski definition) is 4. The Labute approximate surface area is 126 Å². The summed E-state index contributed by atoms with van der Waals surface area (Å²) >= 11 is 5.51. The SMILES string of the molecule is CC(C)CC(CNc1cc(F)c(Cl)cc1[N+](=O)[O-])C(=O)O. The van der Waals surface area contributed by atoms with Crippen LogP contribution in [0.4, 0.5) is 15.8 Å². The van der Waals surface area contributed by atoms with Crippen molar-refractivity contribution < 1.29 is 19.2 Å². The van der Waals surface area contributed by atoms with E-state index in [2.05, 4.69) is 5.32 Å². The van der Waals surface area contributed by atoms with Gasteiger partial charge in [-0.1, -0.05) is 25.4 Å². The predicted octanol–water partition coefficient (Wildman–Crippen LogP) is 3.55. The summed E-state index contributed by atoms with van der Waals surface area (Å²) in [5.74, 6) is -2.37. The summed E-state index contributed by atoms with van der Waals surface area (Å²) in [6.07, 6.45) is 0.409. The second-order valence-corrected chi connectivity index (χ2v) is 5.49. The van der Waals surface area contributed by atoms with E-state index in [0.29, 0.717) is 6.42 Å². The van der Waals surface area contributed by atoms with Gasteiger partial charge >= 0.3 is 5.97 Å². The molecule has 0 amide bonds.